The third-order valence-electron chi connectivity index (χ3n) is 6.84. The van der Waals surface area contributed by atoms with Crippen LogP contribution in [0.1, 0.15) is 37.8 Å². The summed E-state index contributed by atoms with van der Waals surface area (Å²) in [6.07, 6.45) is 1.57. The SMILES string of the molecule is Cc1ccc(S(=O)(=O)N=C(CN2CCCC2)N2CCN(S(=O)(=O)c3ccc(C)cc3)[C@H]2C(C)C)cc1. The Balaban J connectivity index is 1.73. The first kappa shape index (κ1) is 26.8. The molecule has 8 nitrogen and oxygen atoms in total. The lowest BCUT2D eigenvalue weighted by Crippen LogP contribution is -2.50. The summed E-state index contributed by atoms with van der Waals surface area (Å²) in [5, 5.41) is 0. The van der Waals surface area contributed by atoms with Gasteiger partial charge >= 0.3 is 0 Å². The molecule has 36 heavy (non-hydrogen) atoms. The van der Waals surface area contributed by atoms with Crippen molar-refractivity contribution < 1.29 is 16.8 Å². The summed E-state index contributed by atoms with van der Waals surface area (Å²) in [5.41, 5.74) is 1.95. The van der Waals surface area contributed by atoms with Gasteiger partial charge in [0.05, 0.1) is 22.5 Å². The highest BCUT2D eigenvalue weighted by Crippen LogP contribution is 2.30. The topological polar surface area (TPSA) is 90.4 Å². The Morgan fingerprint density at radius 3 is 1.89 bits per heavy atom. The van der Waals surface area contributed by atoms with Crippen LogP contribution in [0.4, 0.5) is 0 Å². The summed E-state index contributed by atoms with van der Waals surface area (Å²) < 4.78 is 59.8. The molecule has 0 aromatic heterocycles. The van der Waals surface area contributed by atoms with E-state index in [9.17, 15) is 16.8 Å². The molecule has 0 N–H and O–H groups in total. The Morgan fingerprint density at radius 2 is 1.36 bits per heavy atom. The fourth-order valence-electron chi connectivity index (χ4n) is 4.92. The van der Waals surface area contributed by atoms with Crippen molar-refractivity contribution in [2.24, 2.45) is 10.3 Å². The van der Waals surface area contributed by atoms with E-state index < -0.39 is 26.2 Å². The Bertz CT molecular complexity index is 1300. The molecule has 0 unspecified atom stereocenters. The monoisotopic (exact) mass is 532 g/mol. The molecule has 2 aliphatic rings. The number of likely N-dealkylation sites (tertiary alicyclic amines) is 1. The Morgan fingerprint density at radius 1 is 0.833 bits per heavy atom. The van der Waals surface area contributed by atoms with Crippen molar-refractivity contribution in [2.45, 2.75) is 56.5 Å². The second kappa shape index (κ2) is 10.6. The second-order valence-corrected chi connectivity index (χ2v) is 13.6. The van der Waals surface area contributed by atoms with Crippen LogP contribution in [0.5, 0.6) is 0 Å². The van der Waals surface area contributed by atoms with E-state index in [0.717, 1.165) is 37.1 Å². The first-order chi connectivity index (χ1) is 17.0. The van der Waals surface area contributed by atoms with Crippen LogP contribution in [0.15, 0.2) is 62.7 Å². The van der Waals surface area contributed by atoms with Crippen LogP contribution in [0.25, 0.3) is 0 Å². The fourth-order valence-corrected chi connectivity index (χ4v) is 7.66. The van der Waals surface area contributed by atoms with Gasteiger partial charge in [-0.15, -0.1) is 4.40 Å². The Kier molecular flexibility index (Phi) is 7.89. The van der Waals surface area contributed by atoms with E-state index in [2.05, 4.69) is 9.30 Å². The van der Waals surface area contributed by atoms with Crippen molar-refractivity contribution >= 4 is 25.9 Å². The summed E-state index contributed by atoms with van der Waals surface area (Å²) in [7, 11) is -7.73. The molecule has 196 valence electrons. The molecule has 10 heteroatoms. The van der Waals surface area contributed by atoms with Crippen molar-refractivity contribution in [1.29, 1.82) is 0 Å². The molecule has 2 aromatic carbocycles. The van der Waals surface area contributed by atoms with Crippen molar-refractivity contribution in [2.75, 3.05) is 32.7 Å². The van der Waals surface area contributed by atoms with Crippen molar-refractivity contribution in [3.63, 3.8) is 0 Å². The van der Waals surface area contributed by atoms with Crippen LogP contribution in [0.2, 0.25) is 0 Å². The maximum Gasteiger partial charge on any atom is 0.283 e. The molecule has 1 atom stereocenters. The molecule has 0 aliphatic carbocycles. The number of aryl methyl sites for hydroxylation is 2. The summed E-state index contributed by atoms with van der Waals surface area (Å²) in [6.45, 7) is 10.5. The number of nitrogens with zero attached hydrogens (tertiary/aromatic N) is 4. The van der Waals surface area contributed by atoms with Crippen LogP contribution in [0, 0.1) is 19.8 Å². The number of hydrogen-bond donors (Lipinski definition) is 0. The summed E-state index contributed by atoms with van der Waals surface area (Å²) in [5.74, 6) is 0.316. The third-order valence-corrected chi connectivity index (χ3v) is 10.0. The van der Waals surface area contributed by atoms with Gasteiger partial charge in [-0.25, -0.2) is 8.42 Å². The van der Waals surface area contributed by atoms with E-state index >= 15 is 0 Å². The van der Waals surface area contributed by atoms with Crippen LogP contribution in [-0.4, -0.2) is 75.7 Å². The molecule has 2 heterocycles. The Hall–Kier alpha value is -2.27. The zero-order valence-corrected chi connectivity index (χ0v) is 23.1. The van der Waals surface area contributed by atoms with E-state index in [1.807, 2.05) is 32.6 Å². The van der Waals surface area contributed by atoms with E-state index in [-0.39, 0.29) is 22.3 Å². The molecular weight excluding hydrogens is 496 g/mol. The minimum atomic E-state index is -3.96. The number of sulfonamides is 2. The molecule has 2 aromatic rings. The Labute approximate surface area is 215 Å². The van der Waals surface area contributed by atoms with Gasteiger partial charge < -0.3 is 4.90 Å². The molecule has 0 spiro atoms. The maximum atomic E-state index is 13.6. The number of benzene rings is 2. The standard InChI is InChI=1S/C26H36N4O4S2/c1-20(2)26-29(17-18-30(26)36(33,34)24-13-9-22(4)10-14-24)25(19-28-15-5-6-16-28)27-35(31,32)23-11-7-21(3)8-12-23/h7-14,20,26H,5-6,15-19H2,1-4H3/t26-/m0/s1. The number of rotatable bonds is 7. The van der Waals surface area contributed by atoms with Crippen molar-refractivity contribution in [3.05, 3.63) is 59.7 Å². The summed E-state index contributed by atoms with van der Waals surface area (Å²) >= 11 is 0. The minimum Gasteiger partial charge on any atom is -0.340 e. The molecule has 0 bridgehead atoms. The molecule has 0 saturated carbocycles. The lowest BCUT2D eigenvalue weighted by Gasteiger charge is -2.35. The van der Waals surface area contributed by atoms with Gasteiger partial charge in [0.25, 0.3) is 10.0 Å². The zero-order valence-electron chi connectivity index (χ0n) is 21.5. The van der Waals surface area contributed by atoms with Crippen LogP contribution in [-0.2, 0) is 20.0 Å². The molecule has 0 amide bonds. The van der Waals surface area contributed by atoms with Gasteiger partial charge in [-0.3, -0.25) is 4.90 Å². The zero-order chi connectivity index (χ0) is 26.1. The molecular formula is C26H36N4O4S2. The van der Waals surface area contributed by atoms with Gasteiger partial charge in [0.1, 0.15) is 5.84 Å². The van der Waals surface area contributed by atoms with Crippen molar-refractivity contribution in [1.82, 2.24) is 14.1 Å². The van der Waals surface area contributed by atoms with Crippen molar-refractivity contribution in [3.8, 4) is 0 Å². The average Bonchev–Trinajstić information content (AvgIpc) is 3.49. The predicted molar refractivity (Wildman–Crippen MR) is 142 cm³/mol. The maximum absolute atomic E-state index is 13.6. The number of amidine groups is 1. The van der Waals surface area contributed by atoms with E-state index in [1.165, 1.54) is 4.31 Å². The van der Waals surface area contributed by atoms with E-state index in [0.29, 0.717) is 18.9 Å². The molecule has 0 radical (unpaired) electrons. The highest BCUT2D eigenvalue weighted by Gasteiger charge is 2.43. The summed E-state index contributed by atoms with van der Waals surface area (Å²) in [4.78, 5) is 4.46. The number of hydrogen-bond acceptors (Lipinski definition) is 5. The second-order valence-electron chi connectivity index (χ2n) is 10.1. The van der Waals surface area contributed by atoms with Crippen LogP contribution in [0.3, 0.4) is 0 Å². The van der Waals surface area contributed by atoms with E-state index in [1.54, 1.807) is 48.5 Å². The third kappa shape index (κ3) is 5.66. The van der Waals surface area contributed by atoms with Gasteiger partial charge in [-0.1, -0.05) is 49.2 Å². The quantitative estimate of drug-likeness (QED) is 0.401. The van der Waals surface area contributed by atoms with E-state index in [4.69, 9.17) is 0 Å². The molecule has 2 saturated heterocycles. The lowest BCUT2D eigenvalue weighted by atomic mass is 10.1. The van der Waals surface area contributed by atoms with Gasteiger partial charge in [0.15, 0.2) is 0 Å². The molecule has 2 fully saturated rings. The predicted octanol–water partition coefficient (Wildman–Crippen LogP) is 3.48. The van der Waals surface area contributed by atoms with Crippen LogP contribution >= 0.6 is 0 Å². The van der Waals surface area contributed by atoms with Gasteiger partial charge in [-0.2, -0.15) is 12.7 Å². The smallest absolute Gasteiger partial charge is 0.283 e. The minimum absolute atomic E-state index is 0.0846. The largest absolute Gasteiger partial charge is 0.340 e. The van der Waals surface area contributed by atoms with Gasteiger partial charge in [0.2, 0.25) is 10.0 Å². The van der Waals surface area contributed by atoms with Crippen LogP contribution < -0.4 is 0 Å². The normalized spacial score (nSPS) is 20.5. The molecule has 4 rings (SSSR count). The summed E-state index contributed by atoms with van der Waals surface area (Å²) in [6, 6.07) is 13.5. The van der Waals surface area contributed by atoms with Gasteiger partial charge in [-0.05, 0) is 70.0 Å². The first-order valence-corrected chi connectivity index (χ1v) is 15.3. The lowest BCUT2D eigenvalue weighted by molar-refractivity contribution is 0.205. The molecule has 2 aliphatic heterocycles. The first-order valence-electron chi connectivity index (χ1n) is 12.5. The highest BCUT2D eigenvalue weighted by molar-refractivity contribution is 7.90. The van der Waals surface area contributed by atoms with Gasteiger partial charge in [0, 0.05) is 13.1 Å². The fraction of sp³-hybridized carbons (Fsp3) is 0.500. The average molecular weight is 533 g/mol. The highest BCUT2D eigenvalue weighted by atomic mass is 32.2.